The fourth-order valence-corrected chi connectivity index (χ4v) is 1.99. The van der Waals surface area contributed by atoms with Gasteiger partial charge in [0.25, 0.3) is 0 Å². The predicted molar refractivity (Wildman–Crippen MR) is 69.0 cm³/mol. The van der Waals surface area contributed by atoms with Gasteiger partial charge in [0.15, 0.2) is 0 Å². The number of nitrogens with zero attached hydrogens (tertiary/aromatic N) is 2. The summed E-state index contributed by atoms with van der Waals surface area (Å²) in [5, 5.41) is 0. The first kappa shape index (κ1) is 14.5. The fourth-order valence-electron chi connectivity index (χ4n) is 1.99. The van der Waals surface area contributed by atoms with E-state index in [1.165, 1.54) is 25.9 Å². The Morgan fingerprint density at radius 3 is 2.71 bits per heavy atom. The topological polar surface area (TPSA) is 32.8 Å². The summed E-state index contributed by atoms with van der Waals surface area (Å²) in [6.07, 6.45) is 4.67. The Morgan fingerprint density at radius 2 is 2.06 bits per heavy atom. The van der Waals surface area contributed by atoms with Crippen molar-refractivity contribution in [3.05, 3.63) is 0 Å². The van der Waals surface area contributed by atoms with Gasteiger partial charge in [0.1, 0.15) is 0 Å². The lowest BCUT2D eigenvalue weighted by atomic mass is 10.4. The number of hydrogen-bond donors (Lipinski definition) is 0. The molecule has 100 valence electrons. The lowest BCUT2D eigenvalue weighted by molar-refractivity contribution is -0.144. The van der Waals surface area contributed by atoms with E-state index in [2.05, 4.69) is 11.8 Å². The zero-order valence-electron chi connectivity index (χ0n) is 11.3. The van der Waals surface area contributed by atoms with Gasteiger partial charge >= 0.3 is 5.97 Å². The van der Waals surface area contributed by atoms with E-state index in [9.17, 15) is 4.79 Å². The summed E-state index contributed by atoms with van der Waals surface area (Å²) < 4.78 is 5.13. The molecule has 1 aliphatic rings. The fraction of sp³-hybridized carbons (Fsp3) is 0.923. The minimum atomic E-state index is -0.0950. The highest BCUT2D eigenvalue weighted by atomic mass is 16.5. The molecule has 0 N–H and O–H groups in total. The van der Waals surface area contributed by atoms with Gasteiger partial charge in [-0.05, 0) is 39.4 Å². The molecule has 1 heterocycles. The summed E-state index contributed by atoms with van der Waals surface area (Å²) in [6.45, 7) is 7.52. The van der Waals surface area contributed by atoms with Gasteiger partial charge in [-0.25, -0.2) is 0 Å². The Labute approximate surface area is 105 Å². The number of hydrogen-bond acceptors (Lipinski definition) is 4. The third-order valence-corrected chi connectivity index (χ3v) is 3.16. The highest BCUT2D eigenvalue weighted by molar-refractivity contribution is 5.71. The zero-order chi connectivity index (χ0) is 12.5. The van der Waals surface area contributed by atoms with Gasteiger partial charge in [0, 0.05) is 13.1 Å². The predicted octanol–water partition coefficient (Wildman–Crippen LogP) is 1.36. The monoisotopic (exact) mass is 242 g/mol. The number of carbonyl (C=O) groups is 1. The van der Waals surface area contributed by atoms with E-state index < -0.39 is 0 Å². The van der Waals surface area contributed by atoms with Crippen LogP contribution in [-0.2, 0) is 9.53 Å². The van der Waals surface area contributed by atoms with E-state index in [0.717, 1.165) is 25.9 Å². The molecule has 0 amide bonds. The molecule has 1 saturated heterocycles. The quantitative estimate of drug-likeness (QED) is 0.475. The Hall–Kier alpha value is -0.610. The van der Waals surface area contributed by atoms with Crippen molar-refractivity contribution in [3.8, 4) is 0 Å². The van der Waals surface area contributed by atoms with Gasteiger partial charge < -0.3 is 9.64 Å². The second-order valence-electron chi connectivity index (χ2n) is 4.86. The Bertz CT molecular complexity index is 215. The van der Waals surface area contributed by atoms with Crippen LogP contribution in [0.25, 0.3) is 0 Å². The van der Waals surface area contributed by atoms with Crippen LogP contribution in [0.4, 0.5) is 0 Å². The molecular formula is C13H26N2O2. The van der Waals surface area contributed by atoms with Crippen molar-refractivity contribution in [2.75, 3.05) is 46.4 Å². The minimum absolute atomic E-state index is 0.0950. The molecule has 17 heavy (non-hydrogen) atoms. The molecule has 0 saturated carbocycles. The first-order valence-corrected chi connectivity index (χ1v) is 6.79. The lowest BCUT2D eigenvalue weighted by Crippen LogP contribution is -2.35. The standard InChI is InChI=1S/C13H26N2O2/c1-3-4-11-17-13(16)12-14(2)9-10-15-7-5-6-8-15/h3-12H2,1-2H3. The van der Waals surface area contributed by atoms with Crippen LogP contribution >= 0.6 is 0 Å². The van der Waals surface area contributed by atoms with E-state index in [1.54, 1.807) is 0 Å². The molecule has 0 bridgehead atoms. The third-order valence-electron chi connectivity index (χ3n) is 3.16. The molecule has 4 nitrogen and oxygen atoms in total. The van der Waals surface area contributed by atoms with Crippen molar-refractivity contribution < 1.29 is 9.53 Å². The lowest BCUT2D eigenvalue weighted by Gasteiger charge is -2.20. The molecule has 0 radical (unpaired) electrons. The maximum Gasteiger partial charge on any atom is 0.320 e. The largest absolute Gasteiger partial charge is 0.465 e. The van der Waals surface area contributed by atoms with E-state index >= 15 is 0 Å². The van der Waals surface area contributed by atoms with Crippen LogP contribution in [-0.4, -0.2) is 62.1 Å². The van der Waals surface area contributed by atoms with Crippen molar-refractivity contribution in [2.24, 2.45) is 0 Å². The first-order chi connectivity index (χ1) is 8.22. The smallest absolute Gasteiger partial charge is 0.320 e. The van der Waals surface area contributed by atoms with Gasteiger partial charge in [-0.15, -0.1) is 0 Å². The summed E-state index contributed by atoms with van der Waals surface area (Å²) in [6, 6.07) is 0. The Balaban J connectivity index is 2.02. The normalized spacial score (nSPS) is 16.6. The maximum atomic E-state index is 11.4. The summed E-state index contributed by atoms with van der Waals surface area (Å²) in [7, 11) is 1.98. The molecule has 0 spiro atoms. The van der Waals surface area contributed by atoms with E-state index in [4.69, 9.17) is 4.74 Å². The molecule has 0 unspecified atom stereocenters. The molecule has 0 aromatic rings. The van der Waals surface area contributed by atoms with Gasteiger partial charge in [0.2, 0.25) is 0 Å². The molecular weight excluding hydrogens is 216 g/mol. The van der Waals surface area contributed by atoms with Crippen LogP contribution in [0.1, 0.15) is 32.6 Å². The average Bonchev–Trinajstić information content (AvgIpc) is 2.79. The maximum absolute atomic E-state index is 11.4. The minimum Gasteiger partial charge on any atom is -0.465 e. The second kappa shape index (κ2) is 8.48. The molecule has 1 aliphatic heterocycles. The molecule has 0 aromatic carbocycles. The second-order valence-corrected chi connectivity index (χ2v) is 4.86. The number of unbranched alkanes of at least 4 members (excludes halogenated alkanes) is 1. The molecule has 1 fully saturated rings. The summed E-state index contributed by atoms with van der Waals surface area (Å²) in [4.78, 5) is 16.0. The van der Waals surface area contributed by atoms with Crippen LogP contribution in [0.15, 0.2) is 0 Å². The van der Waals surface area contributed by atoms with Crippen LogP contribution in [0.2, 0.25) is 0 Å². The van der Waals surface area contributed by atoms with Gasteiger partial charge in [-0.3, -0.25) is 9.69 Å². The summed E-state index contributed by atoms with van der Waals surface area (Å²) >= 11 is 0. The first-order valence-electron chi connectivity index (χ1n) is 6.79. The van der Waals surface area contributed by atoms with Crippen LogP contribution in [0.5, 0.6) is 0 Å². The van der Waals surface area contributed by atoms with Crippen LogP contribution in [0.3, 0.4) is 0 Å². The number of likely N-dealkylation sites (N-methyl/N-ethyl adjacent to an activating group) is 1. The molecule has 0 aliphatic carbocycles. The van der Waals surface area contributed by atoms with Crippen molar-refractivity contribution in [3.63, 3.8) is 0 Å². The van der Waals surface area contributed by atoms with Crippen molar-refractivity contribution >= 4 is 5.97 Å². The number of likely N-dealkylation sites (tertiary alicyclic amines) is 1. The number of rotatable bonds is 8. The van der Waals surface area contributed by atoms with E-state index in [-0.39, 0.29) is 5.97 Å². The van der Waals surface area contributed by atoms with Crippen LogP contribution in [0, 0.1) is 0 Å². The molecule has 4 heteroatoms. The number of esters is 1. The van der Waals surface area contributed by atoms with Gasteiger partial charge in [-0.1, -0.05) is 13.3 Å². The SMILES string of the molecule is CCCCOC(=O)CN(C)CCN1CCCC1. The van der Waals surface area contributed by atoms with Gasteiger partial charge in [0.05, 0.1) is 13.2 Å². The van der Waals surface area contributed by atoms with Crippen LogP contribution < -0.4 is 0 Å². The van der Waals surface area contributed by atoms with Crippen molar-refractivity contribution in [2.45, 2.75) is 32.6 Å². The van der Waals surface area contributed by atoms with Gasteiger partial charge in [-0.2, -0.15) is 0 Å². The average molecular weight is 242 g/mol. The highest BCUT2D eigenvalue weighted by Crippen LogP contribution is 2.06. The number of ether oxygens (including phenoxy) is 1. The molecule has 1 rings (SSSR count). The summed E-state index contributed by atoms with van der Waals surface area (Å²) in [5.74, 6) is -0.0950. The summed E-state index contributed by atoms with van der Waals surface area (Å²) in [5.41, 5.74) is 0. The Morgan fingerprint density at radius 1 is 1.35 bits per heavy atom. The van der Waals surface area contributed by atoms with Crippen molar-refractivity contribution in [1.82, 2.24) is 9.80 Å². The Kier molecular flexibility index (Phi) is 7.21. The number of carbonyl (C=O) groups excluding carboxylic acids is 1. The molecule has 0 aromatic heterocycles. The zero-order valence-corrected chi connectivity index (χ0v) is 11.3. The third kappa shape index (κ3) is 6.64. The van der Waals surface area contributed by atoms with Crippen molar-refractivity contribution in [1.29, 1.82) is 0 Å². The van der Waals surface area contributed by atoms with E-state index in [1.807, 2.05) is 11.9 Å². The van der Waals surface area contributed by atoms with E-state index in [0.29, 0.717) is 13.2 Å². The molecule has 0 atom stereocenters. The highest BCUT2D eigenvalue weighted by Gasteiger charge is 2.13.